The SMILES string of the molecule is Cc1ccc(-c2nc3ccccc3c3nnc(SCC(=O)Nc4ccc5c(c4)OCO5)n23)cc1. The minimum atomic E-state index is -0.161. The van der Waals surface area contributed by atoms with E-state index >= 15 is 0 Å². The fourth-order valence-corrected chi connectivity index (χ4v) is 4.58. The van der Waals surface area contributed by atoms with Crippen LogP contribution in [0, 0.1) is 6.92 Å². The van der Waals surface area contributed by atoms with Gasteiger partial charge >= 0.3 is 0 Å². The quantitative estimate of drug-likeness (QED) is 0.373. The number of aryl methyl sites for hydroxylation is 1. The van der Waals surface area contributed by atoms with E-state index in [1.165, 1.54) is 17.3 Å². The Kier molecular flexibility index (Phi) is 5.03. The summed E-state index contributed by atoms with van der Waals surface area (Å²) in [5.74, 6) is 2.03. The van der Waals surface area contributed by atoms with Gasteiger partial charge in [0.05, 0.1) is 11.3 Å². The Morgan fingerprint density at radius 2 is 1.85 bits per heavy atom. The first-order valence-corrected chi connectivity index (χ1v) is 11.7. The molecule has 0 fully saturated rings. The van der Waals surface area contributed by atoms with Gasteiger partial charge in [-0.25, -0.2) is 4.98 Å². The van der Waals surface area contributed by atoms with Crippen LogP contribution in [0.15, 0.2) is 71.9 Å². The molecule has 1 aliphatic rings. The smallest absolute Gasteiger partial charge is 0.234 e. The molecule has 3 heterocycles. The van der Waals surface area contributed by atoms with Crippen molar-refractivity contribution in [3.05, 3.63) is 72.3 Å². The highest BCUT2D eigenvalue weighted by Crippen LogP contribution is 2.34. The highest BCUT2D eigenvalue weighted by molar-refractivity contribution is 7.99. The molecule has 6 rings (SSSR count). The van der Waals surface area contributed by atoms with Crippen molar-refractivity contribution in [2.45, 2.75) is 12.1 Å². The first-order chi connectivity index (χ1) is 16.7. The number of benzene rings is 3. The Morgan fingerprint density at radius 3 is 2.74 bits per heavy atom. The normalized spacial score (nSPS) is 12.4. The van der Waals surface area contributed by atoms with E-state index in [2.05, 4.69) is 15.5 Å². The zero-order valence-electron chi connectivity index (χ0n) is 18.2. The molecule has 168 valence electrons. The summed E-state index contributed by atoms with van der Waals surface area (Å²) in [5, 5.41) is 13.2. The van der Waals surface area contributed by atoms with Gasteiger partial charge in [-0.3, -0.25) is 9.20 Å². The molecule has 5 aromatic rings. The van der Waals surface area contributed by atoms with E-state index in [1.807, 2.05) is 59.9 Å². The van der Waals surface area contributed by atoms with Crippen molar-refractivity contribution in [1.82, 2.24) is 19.6 Å². The Morgan fingerprint density at radius 1 is 1.03 bits per heavy atom. The fraction of sp³-hybridized carbons (Fsp3) is 0.120. The molecule has 0 aliphatic carbocycles. The molecule has 1 N–H and O–H groups in total. The average Bonchev–Trinajstić information content (AvgIpc) is 3.50. The number of ether oxygens (including phenoxy) is 2. The van der Waals surface area contributed by atoms with Crippen LogP contribution in [-0.2, 0) is 4.79 Å². The van der Waals surface area contributed by atoms with Crippen LogP contribution in [0.3, 0.4) is 0 Å². The molecular weight excluding hydrogens is 450 g/mol. The van der Waals surface area contributed by atoms with Crippen molar-refractivity contribution >= 4 is 39.9 Å². The van der Waals surface area contributed by atoms with Crippen LogP contribution in [-0.4, -0.2) is 38.0 Å². The predicted octanol–water partition coefficient (Wildman–Crippen LogP) is 4.71. The predicted molar refractivity (Wildman–Crippen MR) is 130 cm³/mol. The van der Waals surface area contributed by atoms with E-state index in [-0.39, 0.29) is 18.5 Å². The number of thioether (sulfide) groups is 1. The van der Waals surface area contributed by atoms with Crippen LogP contribution in [0.1, 0.15) is 5.56 Å². The summed E-state index contributed by atoms with van der Waals surface area (Å²) in [6.07, 6.45) is 0. The number of nitrogens with zero attached hydrogens (tertiary/aromatic N) is 4. The van der Waals surface area contributed by atoms with E-state index < -0.39 is 0 Å². The summed E-state index contributed by atoms with van der Waals surface area (Å²) in [4.78, 5) is 17.6. The molecule has 0 saturated carbocycles. The van der Waals surface area contributed by atoms with Gasteiger partial charge in [-0.15, -0.1) is 10.2 Å². The van der Waals surface area contributed by atoms with Crippen molar-refractivity contribution in [2.75, 3.05) is 17.9 Å². The summed E-state index contributed by atoms with van der Waals surface area (Å²) < 4.78 is 12.6. The third-order valence-corrected chi connectivity index (χ3v) is 6.44. The number of aromatic nitrogens is 4. The van der Waals surface area contributed by atoms with Crippen LogP contribution in [0.5, 0.6) is 11.5 Å². The second kappa shape index (κ2) is 8.35. The molecule has 0 atom stereocenters. The molecule has 1 aliphatic heterocycles. The largest absolute Gasteiger partial charge is 0.454 e. The molecule has 3 aromatic carbocycles. The fourth-order valence-electron chi connectivity index (χ4n) is 3.85. The number of nitrogens with one attached hydrogen (secondary N) is 1. The maximum absolute atomic E-state index is 12.7. The third-order valence-electron chi connectivity index (χ3n) is 5.51. The summed E-state index contributed by atoms with van der Waals surface area (Å²) in [7, 11) is 0. The van der Waals surface area contributed by atoms with Crippen molar-refractivity contribution < 1.29 is 14.3 Å². The van der Waals surface area contributed by atoms with E-state index in [0.717, 1.165) is 22.3 Å². The summed E-state index contributed by atoms with van der Waals surface area (Å²) in [6, 6.07) is 21.3. The Hall–Kier alpha value is -4.11. The second-order valence-corrected chi connectivity index (χ2v) is 8.81. The van der Waals surface area contributed by atoms with E-state index in [4.69, 9.17) is 14.5 Å². The number of anilines is 1. The number of carbonyl (C=O) groups excluding carboxylic acids is 1. The summed E-state index contributed by atoms with van der Waals surface area (Å²) in [5.41, 5.74) is 4.32. The Balaban J connectivity index is 1.32. The molecule has 9 heteroatoms. The van der Waals surface area contributed by atoms with Crippen molar-refractivity contribution in [1.29, 1.82) is 0 Å². The lowest BCUT2D eigenvalue weighted by Crippen LogP contribution is -2.14. The van der Waals surface area contributed by atoms with E-state index in [9.17, 15) is 4.79 Å². The zero-order chi connectivity index (χ0) is 23.1. The molecule has 0 radical (unpaired) electrons. The van der Waals surface area contributed by atoms with Crippen molar-refractivity contribution in [2.24, 2.45) is 0 Å². The van der Waals surface area contributed by atoms with Gasteiger partial charge in [-0.2, -0.15) is 0 Å². The Bertz CT molecular complexity index is 1550. The number of hydrogen-bond donors (Lipinski definition) is 1. The van der Waals surface area contributed by atoms with Gasteiger partial charge in [-0.1, -0.05) is 53.7 Å². The lowest BCUT2D eigenvalue weighted by molar-refractivity contribution is -0.113. The summed E-state index contributed by atoms with van der Waals surface area (Å²) >= 11 is 1.31. The van der Waals surface area contributed by atoms with Crippen LogP contribution in [0.2, 0.25) is 0 Å². The highest BCUT2D eigenvalue weighted by Gasteiger charge is 2.18. The monoisotopic (exact) mass is 469 g/mol. The number of fused-ring (bicyclic) bond motifs is 4. The lowest BCUT2D eigenvalue weighted by atomic mass is 10.1. The van der Waals surface area contributed by atoms with E-state index in [1.54, 1.807) is 18.2 Å². The minimum Gasteiger partial charge on any atom is -0.454 e. The van der Waals surface area contributed by atoms with Gasteiger partial charge in [0.25, 0.3) is 0 Å². The number of rotatable bonds is 5. The summed E-state index contributed by atoms with van der Waals surface area (Å²) in [6.45, 7) is 2.24. The number of carbonyl (C=O) groups is 1. The van der Waals surface area contributed by atoms with Crippen LogP contribution in [0.4, 0.5) is 5.69 Å². The maximum Gasteiger partial charge on any atom is 0.234 e. The topological polar surface area (TPSA) is 90.6 Å². The molecule has 8 nitrogen and oxygen atoms in total. The van der Waals surface area contributed by atoms with Crippen LogP contribution >= 0.6 is 11.8 Å². The first-order valence-electron chi connectivity index (χ1n) is 10.7. The second-order valence-electron chi connectivity index (χ2n) is 7.87. The highest BCUT2D eigenvalue weighted by atomic mass is 32.2. The van der Waals surface area contributed by atoms with Gasteiger partial charge in [-0.05, 0) is 31.2 Å². The first kappa shape index (κ1) is 20.5. The van der Waals surface area contributed by atoms with Gasteiger partial charge in [0.1, 0.15) is 5.82 Å². The van der Waals surface area contributed by atoms with Gasteiger partial charge in [0, 0.05) is 22.7 Å². The van der Waals surface area contributed by atoms with Gasteiger partial charge in [0.15, 0.2) is 22.3 Å². The average molecular weight is 470 g/mol. The number of para-hydroxylation sites is 1. The third kappa shape index (κ3) is 3.69. The van der Waals surface area contributed by atoms with E-state index in [0.29, 0.717) is 28.0 Å². The molecule has 1 amide bonds. The molecule has 0 unspecified atom stereocenters. The standard InChI is InChI=1S/C25H19N5O3S/c1-15-6-8-16(9-7-15)23-27-19-5-3-2-4-18(19)24-28-29-25(30(23)24)34-13-22(31)26-17-10-11-20-21(12-17)33-14-32-20/h2-12H,13-14H2,1H3,(H,26,31). The molecule has 0 saturated heterocycles. The minimum absolute atomic E-state index is 0.161. The van der Waals surface area contributed by atoms with Crippen molar-refractivity contribution in [3.63, 3.8) is 0 Å². The zero-order valence-corrected chi connectivity index (χ0v) is 19.0. The molecule has 0 bridgehead atoms. The van der Waals surface area contributed by atoms with Crippen LogP contribution in [0.25, 0.3) is 27.9 Å². The van der Waals surface area contributed by atoms with Gasteiger partial charge < -0.3 is 14.8 Å². The number of amides is 1. The van der Waals surface area contributed by atoms with Crippen molar-refractivity contribution in [3.8, 4) is 22.9 Å². The molecule has 2 aromatic heterocycles. The van der Waals surface area contributed by atoms with Crippen LogP contribution < -0.4 is 14.8 Å². The molecular formula is C25H19N5O3S. The maximum atomic E-state index is 12.7. The number of hydrogen-bond acceptors (Lipinski definition) is 7. The van der Waals surface area contributed by atoms with Gasteiger partial charge in [0.2, 0.25) is 12.7 Å². The Labute approximate surface area is 198 Å². The molecule has 0 spiro atoms. The molecule has 34 heavy (non-hydrogen) atoms. The lowest BCUT2D eigenvalue weighted by Gasteiger charge is -2.10.